The number of hydrogen-bond acceptors (Lipinski definition) is 5. The molecule has 3 fully saturated rings. The van der Waals surface area contributed by atoms with Crippen LogP contribution in [0.5, 0.6) is 0 Å². The smallest absolute Gasteiger partial charge is 0.225 e. The van der Waals surface area contributed by atoms with Crippen LogP contribution in [0.2, 0.25) is 0 Å². The van der Waals surface area contributed by atoms with Crippen LogP contribution in [-0.4, -0.2) is 60.3 Å². The predicted molar refractivity (Wildman–Crippen MR) is 105 cm³/mol. The van der Waals surface area contributed by atoms with Crippen molar-refractivity contribution >= 4 is 5.95 Å². The quantitative estimate of drug-likeness (QED) is 0.826. The molecule has 26 heavy (non-hydrogen) atoms. The highest BCUT2D eigenvalue weighted by atomic mass is 16.5. The fourth-order valence-corrected chi connectivity index (χ4v) is 5.33. The Labute approximate surface area is 158 Å². The molecule has 1 aromatic heterocycles. The summed E-state index contributed by atoms with van der Waals surface area (Å²) in [5.41, 5.74) is 1.67. The molecule has 5 heteroatoms. The first-order valence-electron chi connectivity index (χ1n) is 10.5. The molecule has 1 spiro atoms. The van der Waals surface area contributed by atoms with E-state index in [-0.39, 0.29) is 0 Å². The Hall–Kier alpha value is -1.20. The van der Waals surface area contributed by atoms with E-state index in [4.69, 9.17) is 4.74 Å². The summed E-state index contributed by atoms with van der Waals surface area (Å²) in [6, 6.07) is 0.774. The molecule has 4 rings (SSSR count). The highest BCUT2D eigenvalue weighted by Crippen LogP contribution is 2.42. The van der Waals surface area contributed by atoms with Gasteiger partial charge in [0.05, 0.1) is 6.10 Å². The molecule has 1 aromatic rings. The van der Waals surface area contributed by atoms with Gasteiger partial charge in [-0.05, 0) is 63.5 Å². The van der Waals surface area contributed by atoms with Gasteiger partial charge in [0.25, 0.3) is 0 Å². The summed E-state index contributed by atoms with van der Waals surface area (Å²) >= 11 is 0. The molecule has 0 aromatic carbocycles. The van der Waals surface area contributed by atoms with Gasteiger partial charge in [-0.3, -0.25) is 4.90 Å². The first-order chi connectivity index (χ1) is 12.7. The summed E-state index contributed by atoms with van der Waals surface area (Å²) in [5, 5.41) is 0. The van der Waals surface area contributed by atoms with E-state index in [1.165, 1.54) is 63.6 Å². The largest absolute Gasteiger partial charge is 0.381 e. The summed E-state index contributed by atoms with van der Waals surface area (Å²) in [6.07, 6.45) is 14.5. The topological polar surface area (TPSA) is 41.5 Å². The fourth-order valence-electron chi connectivity index (χ4n) is 5.33. The van der Waals surface area contributed by atoms with Gasteiger partial charge in [-0.15, -0.1) is 0 Å². The molecule has 3 aliphatic rings. The summed E-state index contributed by atoms with van der Waals surface area (Å²) in [5.74, 6) is 0.931. The predicted octanol–water partition coefficient (Wildman–Crippen LogP) is 3.29. The zero-order valence-electron chi connectivity index (χ0n) is 16.5. The highest BCUT2D eigenvalue weighted by molar-refractivity contribution is 5.32. The van der Waals surface area contributed by atoms with E-state index < -0.39 is 0 Å². The van der Waals surface area contributed by atoms with E-state index >= 15 is 0 Å². The van der Waals surface area contributed by atoms with Crippen molar-refractivity contribution in [3.8, 4) is 0 Å². The number of hydrogen-bond donors (Lipinski definition) is 0. The molecule has 1 saturated carbocycles. The molecule has 0 amide bonds. The molecular formula is C21H34N4O. The lowest BCUT2D eigenvalue weighted by molar-refractivity contribution is 0.0406. The summed E-state index contributed by atoms with van der Waals surface area (Å²) < 4.78 is 5.55. The number of methoxy groups -OCH3 is 1. The monoisotopic (exact) mass is 358 g/mol. The average Bonchev–Trinajstić information content (AvgIpc) is 3.11. The number of ether oxygens (including phenoxy) is 1. The SMILES string of the molecule is CCc1cnc(N2CCC[C@]3(CCN(C4CCC(OC)CC4)C3)C2)nc1. The van der Waals surface area contributed by atoms with Gasteiger partial charge in [-0.1, -0.05) is 6.92 Å². The molecule has 1 aliphatic carbocycles. The number of aromatic nitrogens is 2. The standard InChI is InChI=1S/C21H34N4O/c1-3-17-13-22-20(23-14-17)25-11-4-9-21(16-25)10-12-24(15-21)18-5-7-19(26-2)8-6-18/h13-14,18-19H,3-12,15-16H2,1-2H3/t18?,19?,21-/m1/s1. The molecule has 0 radical (unpaired) electrons. The van der Waals surface area contributed by atoms with Crippen molar-refractivity contribution in [3.05, 3.63) is 18.0 Å². The number of anilines is 1. The molecule has 2 saturated heterocycles. The lowest BCUT2D eigenvalue weighted by Gasteiger charge is -2.41. The van der Waals surface area contributed by atoms with Gasteiger partial charge in [-0.2, -0.15) is 0 Å². The Balaban J connectivity index is 1.38. The van der Waals surface area contributed by atoms with Crippen molar-refractivity contribution in [1.29, 1.82) is 0 Å². The molecule has 0 unspecified atom stereocenters. The van der Waals surface area contributed by atoms with Crippen molar-refractivity contribution in [2.45, 2.75) is 70.4 Å². The third-order valence-electron chi connectivity index (χ3n) is 7.01. The average molecular weight is 359 g/mol. The van der Waals surface area contributed by atoms with Crippen LogP contribution < -0.4 is 4.90 Å². The van der Waals surface area contributed by atoms with Crippen LogP contribution in [0.25, 0.3) is 0 Å². The number of rotatable bonds is 4. The molecule has 1 atom stereocenters. The Kier molecular flexibility index (Phi) is 5.46. The zero-order valence-corrected chi connectivity index (χ0v) is 16.5. The van der Waals surface area contributed by atoms with Crippen molar-refractivity contribution in [1.82, 2.24) is 14.9 Å². The van der Waals surface area contributed by atoms with Crippen molar-refractivity contribution in [2.24, 2.45) is 5.41 Å². The first kappa shape index (κ1) is 18.2. The van der Waals surface area contributed by atoms with Crippen LogP contribution in [0.1, 0.15) is 57.4 Å². The van der Waals surface area contributed by atoms with E-state index in [9.17, 15) is 0 Å². The molecule has 0 N–H and O–H groups in total. The minimum Gasteiger partial charge on any atom is -0.381 e. The highest BCUT2D eigenvalue weighted by Gasteiger charge is 2.44. The maximum Gasteiger partial charge on any atom is 0.225 e. The van der Waals surface area contributed by atoms with Crippen molar-refractivity contribution < 1.29 is 4.74 Å². The molecule has 3 heterocycles. The van der Waals surface area contributed by atoms with Crippen LogP contribution in [0.4, 0.5) is 5.95 Å². The van der Waals surface area contributed by atoms with Crippen LogP contribution in [-0.2, 0) is 11.2 Å². The van der Waals surface area contributed by atoms with Gasteiger partial charge in [0.15, 0.2) is 0 Å². The van der Waals surface area contributed by atoms with Gasteiger partial charge in [0, 0.05) is 50.6 Å². The van der Waals surface area contributed by atoms with Crippen LogP contribution in [0.3, 0.4) is 0 Å². The third kappa shape index (κ3) is 3.74. The van der Waals surface area contributed by atoms with E-state index in [1.54, 1.807) is 0 Å². The second-order valence-electron chi connectivity index (χ2n) is 8.66. The van der Waals surface area contributed by atoms with Gasteiger partial charge in [0.2, 0.25) is 5.95 Å². The molecule has 5 nitrogen and oxygen atoms in total. The minimum atomic E-state index is 0.448. The lowest BCUT2D eigenvalue weighted by atomic mass is 9.79. The Morgan fingerprint density at radius 2 is 1.85 bits per heavy atom. The Morgan fingerprint density at radius 1 is 1.08 bits per heavy atom. The normalized spacial score (nSPS) is 33.1. The third-order valence-corrected chi connectivity index (χ3v) is 7.01. The Bertz CT molecular complexity index is 584. The molecule has 2 aliphatic heterocycles. The van der Waals surface area contributed by atoms with E-state index in [0.717, 1.165) is 31.5 Å². The minimum absolute atomic E-state index is 0.448. The van der Waals surface area contributed by atoms with Gasteiger partial charge < -0.3 is 9.64 Å². The zero-order chi connectivity index (χ0) is 18.0. The number of piperidine rings is 1. The molecule has 144 valence electrons. The fraction of sp³-hybridized carbons (Fsp3) is 0.810. The summed E-state index contributed by atoms with van der Waals surface area (Å²) in [7, 11) is 1.86. The maximum atomic E-state index is 5.55. The van der Waals surface area contributed by atoms with Gasteiger partial charge >= 0.3 is 0 Å². The second-order valence-corrected chi connectivity index (χ2v) is 8.66. The second kappa shape index (κ2) is 7.81. The number of aryl methyl sites for hydroxylation is 1. The number of likely N-dealkylation sites (tertiary alicyclic amines) is 1. The maximum absolute atomic E-state index is 5.55. The van der Waals surface area contributed by atoms with Crippen LogP contribution in [0, 0.1) is 5.41 Å². The van der Waals surface area contributed by atoms with E-state index in [1.807, 2.05) is 19.5 Å². The summed E-state index contributed by atoms with van der Waals surface area (Å²) in [6.45, 7) is 6.92. The summed E-state index contributed by atoms with van der Waals surface area (Å²) in [4.78, 5) is 14.5. The molecular weight excluding hydrogens is 324 g/mol. The van der Waals surface area contributed by atoms with Crippen LogP contribution >= 0.6 is 0 Å². The lowest BCUT2D eigenvalue weighted by Crippen LogP contribution is -2.47. The van der Waals surface area contributed by atoms with E-state index in [2.05, 4.69) is 26.7 Å². The Morgan fingerprint density at radius 3 is 2.54 bits per heavy atom. The van der Waals surface area contributed by atoms with E-state index in [0.29, 0.717) is 11.5 Å². The first-order valence-corrected chi connectivity index (χ1v) is 10.5. The molecule has 0 bridgehead atoms. The van der Waals surface area contributed by atoms with Crippen molar-refractivity contribution in [2.75, 3.05) is 38.2 Å². The number of nitrogens with zero attached hydrogens (tertiary/aromatic N) is 4. The van der Waals surface area contributed by atoms with Crippen LogP contribution in [0.15, 0.2) is 12.4 Å². The van der Waals surface area contributed by atoms with Gasteiger partial charge in [0.1, 0.15) is 0 Å². The van der Waals surface area contributed by atoms with Gasteiger partial charge in [-0.25, -0.2) is 9.97 Å². The van der Waals surface area contributed by atoms with Crippen molar-refractivity contribution in [3.63, 3.8) is 0 Å².